The minimum Gasteiger partial charge on any atom is -0.497 e. The van der Waals surface area contributed by atoms with Gasteiger partial charge in [0.2, 0.25) is 5.91 Å². The average molecular weight is 425 g/mol. The molecule has 3 aromatic rings. The molecule has 1 N–H and O–H groups in total. The summed E-state index contributed by atoms with van der Waals surface area (Å²) >= 11 is 0. The van der Waals surface area contributed by atoms with E-state index in [9.17, 15) is 9.59 Å². The first-order valence-corrected chi connectivity index (χ1v) is 10.7. The Morgan fingerprint density at radius 3 is 2.65 bits per heavy atom. The van der Waals surface area contributed by atoms with Gasteiger partial charge in [-0.25, -0.2) is 9.50 Å². The number of nitrogens with one attached hydrogen (secondary N) is 1. The second-order valence-electron chi connectivity index (χ2n) is 7.81. The number of likely N-dealkylation sites (tertiary alicyclic amines) is 1. The summed E-state index contributed by atoms with van der Waals surface area (Å²) in [6, 6.07) is 9.22. The Hall–Kier alpha value is -3.13. The van der Waals surface area contributed by atoms with Crippen molar-refractivity contribution in [3.8, 4) is 16.9 Å². The second kappa shape index (κ2) is 9.34. The molecule has 0 radical (unpaired) electrons. The maximum atomic E-state index is 12.8. The molecular weight excluding hydrogens is 396 g/mol. The molecule has 1 aliphatic rings. The number of methoxy groups -OCH3 is 2. The number of piperidine rings is 1. The topological polar surface area (TPSA) is 88.9 Å². The number of amides is 1. The Bertz CT molecular complexity index is 1120. The van der Waals surface area contributed by atoms with Gasteiger partial charge in [-0.3, -0.25) is 14.7 Å². The van der Waals surface area contributed by atoms with E-state index in [0.717, 1.165) is 54.1 Å². The molecule has 4 rings (SSSR count). The second-order valence-corrected chi connectivity index (χ2v) is 7.81. The predicted octanol–water partition coefficient (Wildman–Crippen LogP) is 2.79. The summed E-state index contributed by atoms with van der Waals surface area (Å²) in [5, 5.41) is 3.13. The molecule has 0 atom stereocenters. The van der Waals surface area contributed by atoms with Crippen molar-refractivity contribution in [3.05, 3.63) is 52.1 Å². The summed E-state index contributed by atoms with van der Waals surface area (Å²) in [6.07, 6.45) is 4.11. The molecule has 0 aliphatic carbocycles. The van der Waals surface area contributed by atoms with Crippen LogP contribution in [0.15, 0.2) is 35.1 Å². The quantitative estimate of drug-likeness (QED) is 0.601. The Labute approximate surface area is 180 Å². The Morgan fingerprint density at radius 1 is 1.13 bits per heavy atom. The molecule has 1 aliphatic heterocycles. The van der Waals surface area contributed by atoms with Crippen molar-refractivity contribution in [1.82, 2.24) is 19.5 Å². The summed E-state index contributed by atoms with van der Waals surface area (Å²) in [4.78, 5) is 31.5. The summed E-state index contributed by atoms with van der Waals surface area (Å²) in [7, 11) is 3.24. The SMILES string of the molecule is COCc1[nH]n2c(=O)cc(CCCN3CCCCC3=O)nc2c1-c1ccc(OC)cc1. The third kappa shape index (κ3) is 4.49. The molecule has 1 saturated heterocycles. The first-order chi connectivity index (χ1) is 15.1. The molecule has 0 spiro atoms. The molecule has 8 nitrogen and oxygen atoms in total. The number of hydrogen-bond acceptors (Lipinski definition) is 5. The van der Waals surface area contributed by atoms with Crippen molar-refractivity contribution in [2.45, 2.75) is 38.7 Å². The van der Waals surface area contributed by atoms with Crippen LogP contribution in [0.4, 0.5) is 0 Å². The zero-order valence-corrected chi connectivity index (χ0v) is 18.0. The summed E-state index contributed by atoms with van der Waals surface area (Å²) in [5.74, 6) is 0.987. The molecule has 31 heavy (non-hydrogen) atoms. The van der Waals surface area contributed by atoms with Crippen molar-refractivity contribution >= 4 is 11.6 Å². The molecule has 0 unspecified atom stereocenters. The molecule has 1 aromatic carbocycles. The van der Waals surface area contributed by atoms with Gasteiger partial charge in [0.15, 0.2) is 5.65 Å². The first-order valence-electron chi connectivity index (χ1n) is 10.7. The van der Waals surface area contributed by atoms with Gasteiger partial charge in [-0.15, -0.1) is 0 Å². The number of nitrogens with zero attached hydrogens (tertiary/aromatic N) is 3. The highest BCUT2D eigenvalue weighted by Crippen LogP contribution is 2.29. The van der Waals surface area contributed by atoms with Crippen LogP contribution in [-0.4, -0.2) is 52.7 Å². The number of ether oxygens (including phenoxy) is 2. The van der Waals surface area contributed by atoms with Crippen LogP contribution in [0.5, 0.6) is 5.75 Å². The molecule has 0 saturated carbocycles. The highest BCUT2D eigenvalue weighted by atomic mass is 16.5. The van der Waals surface area contributed by atoms with Crippen LogP contribution in [-0.2, 0) is 22.6 Å². The molecule has 164 valence electrons. The van der Waals surface area contributed by atoms with Crippen LogP contribution < -0.4 is 10.3 Å². The van der Waals surface area contributed by atoms with Crippen LogP contribution in [0.2, 0.25) is 0 Å². The number of carbonyl (C=O) groups excluding carboxylic acids is 1. The van der Waals surface area contributed by atoms with E-state index in [1.165, 1.54) is 4.52 Å². The van der Waals surface area contributed by atoms with Crippen LogP contribution >= 0.6 is 0 Å². The number of carbonyl (C=O) groups is 1. The smallest absolute Gasteiger partial charge is 0.272 e. The maximum absolute atomic E-state index is 12.8. The molecular formula is C23H28N4O4. The molecule has 0 bridgehead atoms. The fourth-order valence-corrected chi connectivity index (χ4v) is 4.12. The number of fused-ring (bicyclic) bond motifs is 1. The van der Waals surface area contributed by atoms with Crippen LogP contribution in [0.25, 0.3) is 16.8 Å². The highest BCUT2D eigenvalue weighted by Gasteiger charge is 2.19. The van der Waals surface area contributed by atoms with Crippen molar-refractivity contribution in [3.63, 3.8) is 0 Å². The standard InChI is InChI=1S/C23H28N4O4/c1-30-15-19-22(16-8-10-18(31-2)11-9-16)23-24-17(14-21(29)27(23)25-19)6-5-13-26-12-4-3-7-20(26)28/h8-11,14,25H,3-7,12-13,15H2,1-2H3. The van der Waals surface area contributed by atoms with E-state index in [0.29, 0.717) is 31.6 Å². The lowest BCUT2D eigenvalue weighted by atomic mass is 10.1. The van der Waals surface area contributed by atoms with Gasteiger partial charge in [0.1, 0.15) is 5.75 Å². The lowest BCUT2D eigenvalue weighted by Gasteiger charge is -2.26. The van der Waals surface area contributed by atoms with Gasteiger partial charge in [0.25, 0.3) is 5.56 Å². The van der Waals surface area contributed by atoms with Crippen LogP contribution in [0.3, 0.4) is 0 Å². The fourth-order valence-electron chi connectivity index (χ4n) is 4.12. The lowest BCUT2D eigenvalue weighted by Crippen LogP contribution is -2.36. The van der Waals surface area contributed by atoms with Crippen LogP contribution in [0, 0.1) is 0 Å². The number of hydrogen-bond donors (Lipinski definition) is 1. The van der Waals surface area contributed by atoms with Crippen molar-refractivity contribution in [2.75, 3.05) is 27.3 Å². The number of H-pyrrole nitrogens is 1. The largest absolute Gasteiger partial charge is 0.497 e. The minimum atomic E-state index is -0.161. The minimum absolute atomic E-state index is 0.161. The number of aromatic amines is 1. The van der Waals surface area contributed by atoms with Gasteiger partial charge in [0.05, 0.1) is 19.4 Å². The fraction of sp³-hybridized carbons (Fsp3) is 0.435. The van der Waals surface area contributed by atoms with E-state index >= 15 is 0 Å². The zero-order chi connectivity index (χ0) is 21.8. The monoisotopic (exact) mass is 424 g/mol. The van der Waals surface area contributed by atoms with Crippen molar-refractivity contribution in [1.29, 1.82) is 0 Å². The number of benzene rings is 1. The molecule has 1 amide bonds. The van der Waals surface area contributed by atoms with E-state index in [-0.39, 0.29) is 11.5 Å². The Balaban J connectivity index is 1.64. The third-order valence-electron chi connectivity index (χ3n) is 5.69. The predicted molar refractivity (Wildman–Crippen MR) is 117 cm³/mol. The zero-order valence-electron chi connectivity index (χ0n) is 18.0. The summed E-state index contributed by atoms with van der Waals surface area (Å²) in [5.41, 5.74) is 3.70. The molecule has 1 fully saturated rings. The number of rotatable bonds is 8. The first kappa shape index (κ1) is 21.1. The number of aryl methyl sites for hydroxylation is 1. The average Bonchev–Trinajstić information content (AvgIpc) is 3.14. The molecule has 8 heteroatoms. The van der Waals surface area contributed by atoms with Gasteiger partial charge in [-0.2, -0.15) is 0 Å². The molecule has 3 heterocycles. The van der Waals surface area contributed by atoms with E-state index < -0.39 is 0 Å². The van der Waals surface area contributed by atoms with Gasteiger partial charge in [-0.1, -0.05) is 12.1 Å². The van der Waals surface area contributed by atoms with E-state index in [1.807, 2.05) is 29.2 Å². The van der Waals surface area contributed by atoms with Gasteiger partial charge >= 0.3 is 0 Å². The normalized spacial score (nSPS) is 14.4. The summed E-state index contributed by atoms with van der Waals surface area (Å²) < 4.78 is 12.1. The number of aromatic nitrogens is 3. The van der Waals surface area contributed by atoms with E-state index in [4.69, 9.17) is 14.5 Å². The Kier molecular flexibility index (Phi) is 6.36. The van der Waals surface area contributed by atoms with Crippen molar-refractivity contribution in [2.24, 2.45) is 0 Å². The highest BCUT2D eigenvalue weighted by molar-refractivity contribution is 5.80. The van der Waals surface area contributed by atoms with Crippen molar-refractivity contribution < 1.29 is 14.3 Å². The van der Waals surface area contributed by atoms with E-state index in [2.05, 4.69) is 5.10 Å². The van der Waals surface area contributed by atoms with E-state index in [1.54, 1.807) is 20.3 Å². The molecule has 2 aromatic heterocycles. The third-order valence-corrected chi connectivity index (χ3v) is 5.69. The maximum Gasteiger partial charge on any atom is 0.272 e. The van der Waals surface area contributed by atoms with Gasteiger partial charge in [0, 0.05) is 43.9 Å². The summed E-state index contributed by atoms with van der Waals surface area (Å²) in [6.45, 7) is 1.86. The van der Waals surface area contributed by atoms with Crippen LogP contribution in [0.1, 0.15) is 37.1 Å². The van der Waals surface area contributed by atoms with Gasteiger partial charge in [-0.05, 0) is 43.4 Å². The lowest BCUT2D eigenvalue weighted by molar-refractivity contribution is -0.133. The Morgan fingerprint density at radius 2 is 1.94 bits per heavy atom. The van der Waals surface area contributed by atoms with Gasteiger partial charge < -0.3 is 14.4 Å².